The number of thioether (sulfide) groups is 1. The minimum absolute atomic E-state index is 0.222. The van der Waals surface area contributed by atoms with Crippen LogP contribution < -0.4 is 14.8 Å². The van der Waals surface area contributed by atoms with Gasteiger partial charge in [0.15, 0.2) is 11.5 Å². The summed E-state index contributed by atoms with van der Waals surface area (Å²) < 4.78 is 11.3. The fourth-order valence-corrected chi connectivity index (χ4v) is 4.25. The third-order valence-corrected chi connectivity index (χ3v) is 6.19. The molecular formula is C26H21ClN2O5S. The predicted octanol–water partition coefficient (Wildman–Crippen LogP) is 5.60. The number of hydrogen-bond acceptors (Lipinski definition) is 6. The van der Waals surface area contributed by atoms with Crippen LogP contribution in [0.1, 0.15) is 11.1 Å². The molecule has 3 aromatic rings. The molecule has 1 saturated heterocycles. The standard InChI is InChI=1S/C26H21ClN2O5S/c1-33-22-13-18(9-12-21(22)34-16-17-7-10-19(27)11-8-17)14-23-25(31)29(26(32)35-23)15-24(30)28-20-5-3-2-4-6-20/h2-14H,15-16H2,1H3,(H,28,30)/b23-14+. The van der Waals surface area contributed by atoms with Crippen molar-refractivity contribution >= 4 is 52.2 Å². The van der Waals surface area contributed by atoms with Crippen LogP contribution in [0.15, 0.2) is 77.7 Å². The number of anilines is 1. The van der Waals surface area contributed by atoms with Gasteiger partial charge in [0, 0.05) is 10.7 Å². The molecule has 1 N–H and O–H groups in total. The summed E-state index contributed by atoms with van der Waals surface area (Å²) in [6.45, 7) is -0.0332. The van der Waals surface area contributed by atoms with E-state index >= 15 is 0 Å². The molecule has 0 saturated carbocycles. The molecule has 1 heterocycles. The molecule has 3 amide bonds. The lowest BCUT2D eigenvalue weighted by Crippen LogP contribution is -2.36. The zero-order chi connectivity index (χ0) is 24.8. The van der Waals surface area contributed by atoms with Crippen LogP contribution in [0, 0.1) is 0 Å². The van der Waals surface area contributed by atoms with Gasteiger partial charge in [-0.25, -0.2) is 0 Å². The molecule has 0 spiro atoms. The van der Waals surface area contributed by atoms with Crippen molar-refractivity contribution in [3.8, 4) is 11.5 Å². The van der Waals surface area contributed by atoms with Gasteiger partial charge in [-0.2, -0.15) is 0 Å². The fourth-order valence-electron chi connectivity index (χ4n) is 3.29. The van der Waals surface area contributed by atoms with Gasteiger partial charge < -0.3 is 14.8 Å². The van der Waals surface area contributed by atoms with E-state index in [4.69, 9.17) is 21.1 Å². The van der Waals surface area contributed by atoms with E-state index in [0.717, 1.165) is 22.2 Å². The lowest BCUT2D eigenvalue weighted by molar-refractivity contribution is -0.127. The molecule has 0 bridgehead atoms. The first kappa shape index (κ1) is 24.4. The maximum atomic E-state index is 12.8. The summed E-state index contributed by atoms with van der Waals surface area (Å²) in [5.41, 5.74) is 2.19. The molecule has 0 aromatic heterocycles. The van der Waals surface area contributed by atoms with Gasteiger partial charge in [0.05, 0.1) is 12.0 Å². The highest BCUT2D eigenvalue weighted by Crippen LogP contribution is 2.34. The Morgan fingerprint density at radius 3 is 2.49 bits per heavy atom. The Morgan fingerprint density at radius 1 is 1.03 bits per heavy atom. The Kier molecular flexibility index (Phi) is 7.74. The molecule has 35 heavy (non-hydrogen) atoms. The minimum Gasteiger partial charge on any atom is -0.493 e. The molecule has 4 rings (SSSR count). The highest BCUT2D eigenvalue weighted by Gasteiger charge is 2.36. The lowest BCUT2D eigenvalue weighted by atomic mass is 10.1. The first-order valence-electron chi connectivity index (χ1n) is 10.6. The van der Waals surface area contributed by atoms with Crippen molar-refractivity contribution in [3.05, 3.63) is 93.9 Å². The molecule has 7 nitrogen and oxygen atoms in total. The van der Waals surface area contributed by atoms with Crippen molar-refractivity contribution in [3.63, 3.8) is 0 Å². The van der Waals surface area contributed by atoms with Crippen molar-refractivity contribution in [2.45, 2.75) is 6.61 Å². The van der Waals surface area contributed by atoms with E-state index in [0.29, 0.717) is 34.4 Å². The van der Waals surface area contributed by atoms with Gasteiger partial charge in [-0.05, 0) is 65.4 Å². The Hall–Kier alpha value is -3.75. The highest BCUT2D eigenvalue weighted by molar-refractivity contribution is 8.18. The normalized spacial score (nSPS) is 14.3. The third kappa shape index (κ3) is 6.23. The molecule has 178 valence electrons. The van der Waals surface area contributed by atoms with Crippen LogP contribution in [0.25, 0.3) is 6.08 Å². The van der Waals surface area contributed by atoms with Crippen LogP contribution >= 0.6 is 23.4 Å². The van der Waals surface area contributed by atoms with Gasteiger partial charge in [0.25, 0.3) is 11.1 Å². The largest absolute Gasteiger partial charge is 0.493 e. The van der Waals surface area contributed by atoms with Crippen LogP contribution in [0.4, 0.5) is 10.5 Å². The second-order valence-electron chi connectivity index (χ2n) is 7.51. The highest BCUT2D eigenvalue weighted by atomic mass is 35.5. The van der Waals surface area contributed by atoms with E-state index < -0.39 is 17.1 Å². The first-order chi connectivity index (χ1) is 16.9. The number of imide groups is 1. The number of nitrogens with zero attached hydrogens (tertiary/aromatic N) is 1. The van der Waals surface area contributed by atoms with Gasteiger partial charge in [-0.1, -0.05) is 48.0 Å². The van der Waals surface area contributed by atoms with Crippen LogP contribution in [-0.4, -0.2) is 35.6 Å². The number of para-hydroxylation sites is 1. The number of hydrogen-bond donors (Lipinski definition) is 1. The Labute approximate surface area is 211 Å². The number of methoxy groups -OCH3 is 1. The topological polar surface area (TPSA) is 84.9 Å². The molecule has 0 atom stereocenters. The summed E-state index contributed by atoms with van der Waals surface area (Å²) in [6, 6.07) is 21.4. The number of ether oxygens (including phenoxy) is 2. The number of benzene rings is 3. The SMILES string of the molecule is COc1cc(/C=C2/SC(=O)N(CC(=O)Nc3ccccc3)C2=O)ccc1OCc1ccc(Cl)cc1. The number of carbonyl (C=O) groups is 3. The summed E-state index contributed by atoms with van der Waals surface area (Å²) in [6.07, 6.45) is 1.59. The molecule has 0 radical (unpaired) electrons. The molecule has 9 heteroatoms. The van der Waals surface area contributed by atoms with Gasteiger partial charge in [-0.15, -0.1) is 0 Å². The van der Waals surface area contributed by atoms with Crippen molar-refractivity contribution in [1.82, 2.24) is 4.90 Å². The van der Waals surface area contributed by atoms with E-state index in [9.17, 15) is 14.4 Å². The number of halogens is 1. The summed E-state index contributed by atoms with van der Waals surface area (Å²) in [4.78, 5) is 38.6. The van der Waals surface area contributed by atoms with Gasteiger partial charge in [0.2, 0.25) is 5.91 Å². The first-order valence-corrected chi connectivity index (χ1v) is 11.8. The lowest BCUT2D eigenvalue weighted by Gasteiger charge is -2.12. The Bertz CT molecular complexity index is 1280. The quantitative estimate of drug-likeness (QED) is 0.398. The number of rotatable bonds is 8. The second kappa shape index (κ2) is 11.1. The van der Waals surface area contributed by atoms with Crippen molar-refractivity contribution < 1.29 is 23.9 Å². The fraction of sp³-hybridized carbons (Fsp3) is 0.115. The van der Waals surface area contributed by atoms with Gasteiger partial charge >= 0.3 is 0 Å². The molecule has 0 unspecified atom stereocenters. The zero-order valence-electron chi connectivity index (χ0n) is 18.7. The van der Waals surface area contributed by atoms with Gasteiger partial charge in [0.1, 0.15) is 13.2 Å². The minimum atomic E-state index is -0.523. The molecule has 0 aliphatic carbocycles. The monoisotopic (exact) mass is 508 g/mol. The van der Waals surface area contributed by atoms with Crippen LogP contribution in [0.5, 0.6) is 11.5 Å². The summed E-state index contributed by atoms with van der Waals surface area (Å²) in [5.74, 6) is 0.0355. The molecule has 1 aliphatic heterocycles. The van der Waals surface area contributed by atoms with E-state index in [2.05, 4.69) is 5.32 Å². The van der Waals surface area contributed by atoms with Crippen molar-refractivity contribution in [1.29, 1.82) is 0 Å². The Balaban J connectivity index is 1.42. The van der Waals surface area contributed by atoms with E-state index in [-0.39, 0.29) is 11.4 Å². The van der Waals surface area contributed by atoms with Crippen molar-refractivity contribution in [2.75, 3.05) is 19.0 Å². The second-order valence-corrected chi connectivity index (χ2v) is 8.94. The summed E-state index contributed by atoms with van der Waals surface area (Å²) in [5, 5.41) is 2.82. The number of nitrogens with one attached hydrogen (secondary N) is 1. The van der Waals surface area contributed by atoms with Crippen LogP contribution in [0.3, 0.4) is 0 Å². The smallest absolute Gasteiger partial charge is 0.294 e. The summed E-state index contributed by atoms with van der Waals surface area (Å²) in [7, 11) is 1.52. The number of amides is 3. The van der Waals surface area contributed by atoms with E-state index in [1.807, 2.05) is 18.2 Å². The molecular weight excluding hydrogens is 488 g/mol. The van der Waals surface area contributed by atoms with Gasteiger partial charge in [-0.3, -0.25) is 19.3 Å². The third-order valence-electron chi connectivity index (χ3n) is 5.03. The molecule has 1 aliphatic rings. The molecule has 1 fully saturated rings. The molecule has 3 aromatic carbocycles. The zero-order valence-corrected chi connectivity index (χ0v) is 20.3. The average molecular weight is 509 g/mol. The predicted molar refractivity (Wildman–Crippen MR) is 137 cm³/mol. The van der Waals surface area contributed by atoms with Crippen molar-refractivity contribution in [2.24, 2.45) is 0 Å². The summed E-state index contributed by atoms with van der Waals surface area (Å²) >= 11 is 6.70. The van der Waals surface area contributed by atoms with Crippen LogP contribution in [0.2, 0.25) is 5.02 Å². The average Bonchev–Trinajstić information content (AvgIpc) is 3.12. The van der Waals surface area contributed by atoms with Crippen LogP contribution in [-0.2, 0) is 16.2 Å². The van der Waals surface area contributed by atoms with E-state index in [1.165, 1.54) is 7.11 Å². The number of carbonyl (C=O) groups excluding carboxylic acids is 3. The van der Waals surface area contributed by atoms with E-state index in [1.54, 1.807) is 60.7 Å². The maximum Gasteiger partial charge on any atom is 0.294 e. The Morgan fingerprint density at radius 2 is 1.77 bits per heavy atom. The maximum absolute atomic E-state index is 12.8.